The van der Waals surface area contributed by atoms with Crippen molar-refractivity contribution in [1.29, 1.82) is 0 Å². The highest BCUT2D eigenvalue weighted by Gasteiger charge is 2.30. The van der Waals surface area contributed by atoms with Crippen LogP contribution in [0.3, 0.4) is 0 Å². The van der Waals surface area contributed by atoms with Gasteiger partial charge in [0.25, 0.3) is 11.8 Å². The highest BCUT2D eigenvalue weighted by Crippen LogP contribution is 2.36. The third-order valence-corrected chi connectivity index (χ3v) is 7.62. The van der Waals surface area contributed by atoms with E-state index in [9.17, 15) is 9.59 Å². The minimum atomic E-state index is -0.141. The lowest BCUT2D eigenvalue weighted by Crippen LogP contribution is -2.34. The van der Waals surface area contributed by atoms with Crippen molar-refractivity contribution >= 4 is 17.5 Å². The maximum Gasteiger partial charge on any atom is 0.270 e. The summed E-state index contributed by atoms with van der Waals surface area (Å²) in [6.07, 6.45) is 0. The summed E-state index contributed by atoms with van der Waals surface area (Å²) in [6.45, 7) is 4.25. The number of carbonyl (C=O) groups excluding carboxylic acids is 2. The van der Waals surface area contributed by atoms with Crippen LogP contribution >= 0.6 is 0 Å². The van der Waals surface area contributed by atoms with Crippen LogP contribution in [0.25, 0.3) is 11.1 Å². The van der Waals surface area contributed by atoms with Crippen LogP contribution in [0.15, 0.2) is 78.9 Å². The van der Waals surface area contributed by atoms with E-state index < -0.39 is 0 Å². The molecule has 206 valence electrons. The number of para-hydroxylation sites is 1. The molecule has 0 saturated carbocycles. The largest absolute Gasteiger partial charge is 0.496 e. The van der Waals surface area contributed by atoms with Crippen molar-refractivity contribution in [3.63, 3.8) is 0 Å². The molecule has 2 amide bonds. The van der Waals surface area contributed by atoms with E-state index in [-0.39, 0.29) is 11.8 Å². The quantitative estimate of drug-likeness (QED) is 0.321. The molecular weight excluding hydrogens is 500 g/mol. The zero-order chi connectivity index (χ0) is 28.4. The van der Waals surface area contributed by atoms with Gasteiger partial charge in [-0.1, -0.05) is 54.6 Å². The molecule has 1 aliphatic rings. The third kappa shape index (κ3) is 5.12. The Labute approximate surface area is 236 Å². The molecular formula is C33H36N4O3. The first-order chi connectivity index (χ1) is 19.3. The summed E-state index contributed by atoms with van der Waals surface area (Å²) in [5.74, 6) is 0.402. The molecule has 0 N–H and O–H groups in total. The Kier molecular flexibility index (Phi) is 7.76. The summed E-state index contributed by atoms with van der Waals surface area (Å²) in [5.41, 5.74) is 6.87. The van der Waals surface area contributed by atoms with Gasteiger partial charge in [-0.15, -0.1) is 0 Å². The lowest BCUT2D eigenvalue weighted by molar-refractivity contribution is 0.0775. The number of hydrogen-bond acceptors (Lipinski definition) is 4. The van der Waals surface area contributed by atoms with E-state index in [1.165, 1.54) is 0 Å². The summed E-state index contributed by atoms with van der Waals surface area (Å²) in [6, 6.07) is 25.7. The fourth-order valence-corrected chi connectivity index (χ4v) is 5.37. The molecule has 0 saturated heterocycles. The molecule has 1 aliphatic heterocycles. The van der Waals surface area contributed by atoms with Crippen LogP contribution in [0.2, 0.25) is 0 Å². The molecule has 7 heteroatoms. The summed E-state index contributed by atoms with van der Waals surface area (Å²) in [7, 11) is 7.44. The number of aromatic nitrogens is 1. The van der Waals surface area contributed by atoms with E-state index in [4.69, 9.17) is 4.74 Å². The van der Waals surface area contributed by atoms with Gasteiger partial charge in [0.05, 0.1) is 25.8 Å². The SMILES string of the molecule is COc1c(C(=O)N2Cc3ccc(C(=O)N(C)CCN(C)C)n3Cc3ccccc32)ccc(-c2ccccc2)c1C. The van der Waals surface area contributed by atoms with Crippen LogP contribution in [0.5, 0.6) is 5.75 Å². The second-order valence-corrected chi connectivity index (χ2v) is 10.5. The number of hydrogen-bond donors (Lipinski definition) is 0. The molecule has 5 rings (SSSR count). The predicted molar refractivity (Wildman–Crippen MR) is 159 cm³/mol. The Bertz CT molecular complexity index is 1540. The summed E-state index contributed by atoms with van der Waals surface area (Å²) in [5, 5.41) is 0. The second kappa shape index (κ2) is 11.4. The fourth-order valence-electron chi connectivity index (χ4n) is 5.37. The van der Waals surface area contributed by atoms with Gasteiger partial charge in [-0.3, -0.25) is 9.59 Å². The number of methoxy groups -OCH3 is 1. The van der Waals surface area contributed by atoms with Crippen LogP contribution < -0.4 is 9.64 Å². The van der Waals surface area contributed by atoms with Gasteiger partial charge in [0, 0.05) is 31.5 Å². The number of carbonyl (C=O) groups is 2. The minimum Gasteiger partial charge on any atom is -0.496 e. The molecule has 0 bridgehead atoms. The van der Waals surface area contributed by atoms with Crippen LogP contribution in [-0.4, -0.2) is 67.5 Å². The highest BCUT2D eigenvalue weighted by molar-refractivity contribution is 6.09. The maximum atomic E-state index is 14.3. The molecule has 0 atom stereocenters. The average molecular weight is 537 g/mol. The lowest BCUT2D eigenvalue weighted by atomic mass is 9.96. The first-order valence-electron chi connectivity index (χ1n) is 13.5. The molecule has 0 aliphatic carbocycles. The molecule has 0 radical (unpaired) electrons. The summed E-state index contributed by atoms with van der Waals surface area (Å²) in [4.78, 5) is 33.3. The van der Waals surface area contributed by atoms with Crippen molar-refractivity contribution in [2.45, 2.75) is 20.0 Å². The fraction of sp³-hybridized carbons (Fsp3) is 0.273. The molecule has 1 aromatic heterocycles. The molecule has 0 spiro atoms. The minimum absolute atomic E-state index is 0.0286. The first kappa shape index (κ1) is 27.2. The van der Waals surface area contributed by atoms with E-state index in [1.54, 1.807) is 16.9 Å². The van der Waals surface area contributed by atoms with E-state index in [2.05, 4.69) is 17.0 Å². The van der Waals surface area contributed by atoms with Gasteiger partial charge in [0.2, 0.25) is 0 Å². The van der Waals surface area contributed by atoms with Crippen LogP contribution in [0, 0.1) is 6.92 Å². The smallest absolute Gasteiger partial charge is 0.270 e. The van der Waals surface area contributed by atoms with Gasteiger partial charge in [0.1, 0.15) is 11.4 Å². The van der Waals surface area contributed by atoms with Crippen molar-refractivity contribution in [2.24, 2.45) is 0 Å². The standard InChI is InChI=1S/C33H36N4O3/c1-23-27(24-11-7-6-8-12-24)16-17-28(31(23)40-5)32(38)37-22-26-15-18-30(33(39)35(4)20-19-34(2)3)36(26)21-25-13-9-10-14-29(25)37/h6-18H,19-22H2,1-5H3. The number of amides is 2. The number of benzene rings is 3. The van der Waals surface area contributed by atoms with Gasteiger partial charge < -0.3 is 24.0 Å². The van der Waals surface area contributed by atoms with Crippen LogP contribution in [0.4, 0.5) is 5.69 Å². The molecule has 0 unspecified atom stereocenters. The predicted octanol–water partition coefficient (Wildman–Crippen LogP) is 5.31. The number of anilines is 1. The normalized spacial score (nSPS) is 12.5. The Morgan fingerprint density at radius 3 is 2.30 bits per heavy atom. The number of fused-ring (bicyclic) bond motifs is 2. The molecule has 0 fully saturated rings. The number of rotatable bonds is 7. The number of ether oxygens (including phenoxy) is 1. The third-order valence-electron chi connectivity index (χ3n) is 7.62. The molecule has 4 aromatic rings. The van der Waals surface area contributed by atoms with Crippen molar-refractivity contribution in [3.8, 4) is 16.9 Å². The molecule has 2 heterocycles. The Morgan fingerprint density at radius 1 is 0.850 bits per heavy atom. The zero-order valence-electron chi connectivity index (χ0n) is 23.8. The maximum absolute atomic E-state index is 14.3. The molecule has 40 heavy (non-hydrogen) atoms. The lowest BCUT2D eigenvalue weighted by Gasteiger charge is -2.24. The van der Waals surface area contributed by atoms with Crippen molar-refractivity contribution < 1.29 is 14.3 Å². The number of nitrogens with zero attached hydrogens (tertiary/aromatic N) is 4. The highest BCUT2D eigenvalue weighted by atomic mass is 16.5. The first-order valence-corrected chi connectivity index (χ1v) is 13.5. The van der Waals surface area contributed by atoms with Gasteiger partial charge in [-0.25, -0.2) is 0 Å². The van der Waals surface area contributed by atoms with E-state index in [0.717, 1.165) is 40.2 Å². The second-order valence-electron chi connectivity index (χ2n) is 10.5. The van der Waals surface area contributed by atoms with Crippen LogP contribution in [0.1, 0.15) is 37.7 Å². The molecule has 3 aromatic carbocycles. The van der Waals surface area contributed by atoms with E-state index in [0.29, 0.717) is 36.6 Å². The topological polar surface area (TPSA) is 58.0 Å². The van der Waals surface area contributed by atoms with Gasteiger partial charge in [0.15, 0.2) is 0 Å². The Hall–Kier alpha value is -4.36. The van der Waals surface area contributed by atoms with Crippen molar-refractivity contribution in [1.82, 2.24) is 14.4 Å². The van der Waals surface area contributed by atoms with Gasteiger partial charge in [-0.05, 0) is 67.5 Å². The van der Waals surface area contributed by atoms with Crippen molar-refractivity contribution in [3.05, 3.63) is 107 Å². The Morgan fingerprint density at radius 2 is 1.57 bits per heavy atom. The van der Waals surface area contributed by atoms with Crippen molar-refractivity contribution in [2.75, 3.05) is 46.2 Å². The zero-order valence-corrected chi connectivity index (χ0v) is 23.8. The summed E-state index contributed by atoms with van der Waals surface area (Å²) < 4.78 is 7.88. The monoisotopic (exact) mass is 536 g/mol. The van der Waals surface area contributed by atoms with Gasteiger partial charge in [-0.2, -0.15) is 0 Å². The van der Waals surface area contributed by atoms with E-state index in [1.807, 2.05) is 99.4 Å². The number of likely N-dealkylation sites (N-methyl/N-ethyl adjacent to an activating group) is 2. The summed E-state index contributed by atoms with van der Waals surface area (Å²) >= 11 is 0. The van der Waals surface area contributed by atoms with E-state index >= 15 is 0 Å². The van der Waals surface area contributed by atoms with Crippen LogP contribution in [-0.2, 0) is 13.1 Å². The van der Waals surface area contributed by atoms with Gasteiger partial charge >= 0.3 is 0 Å². The molecule has 7 nitrogen and oxygen atoms in total. The average Bonchev–Trinajstić information content (AvgIpc) is 3.28. The Balaban J connectivity index is 1.53.